The summed E-state index contributed by atoms with van der Waals surface area (Å²) in [5.41, 5.74) is 5.59. The molecule has 0 aromatic rings. The summed E-state index contributed by atoms with van der Waals surface area (Å²) < 4.78 is 5.49. The zero-order chi connectivity index (χ0) is 8.69. The van der Waals surface area contributed by atoms with Gasteiger partial charge in [0.2, 0.25) is 0 Å². The number of nitrogens with two attached hydrogens (primary N) is 1. The van der Waals surface area contributed by atoms with E-state index in [4.69, 9.17) is 10.5 Å². The number of hydrogen-bond acceptors (Lipinski definition) is 2. The van der Waals surface area contributed by atoms with Gasteiger partial charge >= 0.3 is 0 Å². The molecule has 0 aliphatic carbocycles. The molecule has 11 heavy (non-hydrogen) atoms. The van der Waals surface area contributed by atoms with Gasteiger partial charge in [0.1, 0.15) is 0 Å². The topological polar surface area (TPSA) is 35.2 Å². The Kier molecular flexibility index (Phi) is 6.57. The van der Waals surface area contributed by atoms with E-state index < -0.39 is 0 Å². The van der Waals surface area contributed by atoms with Crippen LogP contribution >= 0.6 is 0 Å². The minimum Gasteiger partial charge on any atom is -0.379 e. The number of ether oxygens (including phenoxy) is 1. The molecule has 2 nitrogen and oxygen atoms in total. The van der Waals surface area contributed by atoms with Crippen molar-refractivity contribution in [1.29, 1.82) is 0 Å². The Morgan fingerprint density at radius 1 is 1.36 bits per heavy atom. The van der Waals surface area contributed by atoms with Crippen LogP contribution in [0.5, 0.6) is 0 Å². The lowest BCUT2D eigenvalue weighted by molar-refractivity contribution is 0.0604. The quantitative estimate of drug-likeness (QED) is 0.601. The van der Waals surface area contributed by atoms with E-state index in [9.17, 15) is 0 Å². The SMILES string of the molecule is CCC(C)OCCCC(C)N. The standard InChI is InChI=1S/C9H21NO/c1-4-9(3)11-7-5-6-8(2)10/h8-9H,4-7,10H2,1-3H3. The van der Waals surface area contributed by atoms with Gasteiger partial charge in [-0.05, 0) is 33.1 Å². The van der Waals surface area contributed by atoms with E-state index in [1.54, 1.807) is 0 Å². The molecular weight excluding hydrogens is 138 g/mol. The summed E-state index contributed by atoms with van der Waals surface area (Å²) in [6.07, 6.45) is 3.65. The van der Waals surface area contributed by atoms with Crippen molar-refractivity contribution in [1.82, 2.24) is 0 Å². The van der Waals surface area contributed by atoms with Crippen LogP contribution in [0, 0.1) is 0 Å². The van der Waals surface area contributed by atoms with Crippen LogP contribution in [0.1, 0.15) is 40.0 Å². The lowest BCUT2D eigenvalue weighted by atomic mass is 10.2. The summed E-state index contributed by atoms with van der Waals surface area (Å²) in [5.74, 6) is 0. The summed E-state index contributed by atoms with van der Waals surface area (Å²) in [7, 11) is 0. The number of hydrogen-bond donors (Lipinski definition) is 1. The van der Waals surface area contributed by atoms with Crippen LogP contribution in [-0.4, -0.2) is 18.8 Å². The molecule has 0 aromatic carbocycles. The first-order chi connectivity index (χ1) is 5.16. The third kappa shape index (κ3) is 7.82. The van der Waals surface area contributed by atoms with Crippen LogP contribution < -0.4 is 5.73 Å². The van der Waals surface area contributed by atoms with Crippen molar-refractivity contribution < 1.29 is 4.74 Å². The molecule has 2 atom stereocenters. The summed E-state index contributed by atoms with van der Waals surface area (Å²) in [6.45, 7) is 7.13. The monoisotopic (exact) mass is 159 g/mol. The van der Waals surface area contributed by atoms with Crippen molar-refractivity contribution in [2.45, 2.75) is 52.2 Å². The fraction of sp³-hybridized carbons (Fsp3) is 1.00. The maximum Gasteiger partial charge on any atom is 0.0544 e. The van der Waals surface area contributed by atoms with Crippen LogP contribution in [0.4, 0.5) is 0 Å². The summed E-state index contributed by atoms with van der Waals surface area (Å²) >= 11 is 0. The van der Waals surface area contributed by atoms with E-state index in [0.717, 1.165) is 25.9 Å². The maximum absolute atomic E-state index is 5.59. The highest BCUT2D eigenvalue weighted by Crippen LogP contribution is 1.99. The molecular formula is C9H21NO. The number of rotatable bonds is 6. The minimum atomic E-state index is 0.315. The second-order valence-corrected chi connectivity index (χ2v) is 3.21. The largest absolute Gasteiger partial charge is 0.379 e. The Morgan fingerprint density at radius 3 is 2.45 bits per heavy atom. The Balaban J connectivity index is 3.01. The Hall–Kier alpha value is -0.0800. The molecule has 0 aliphatic heterocycles. The molecule has 0 rings (SSSR count). The van der Waals surface area contributed by atoms with E-state index in [0.29, 0.717) is 12.1 Å². The second kappa shape index (κ2) is 6.62. The van der Waals surface area contributed by atoms with Crippen LogP contribution in [0.15, 0.2) is 0 Å². The van der Waals surface area contributed by atoms with Gasteiger partial charge in [0.15, 0.2) is 0 Å². The van der Waals surface area contributed by atoms with E-state index >= 15 is 0 Å². The maximum atomic E-state index is 5.59. The predicted octanol–water partition coefficient (Wildman–Crippen LogP) is 1.93. The average molecular weight is 159 g/mol. The molecule has 0 heterocycles. The van der Waals surface area contributed by atoms with Gasteiger partial charge in [0.25, 0.3) is 0 Å². The normalized spacial score (nSPS) is 16.4. The van der Waals surface area contributed by atoms with Crippen molar-refractivity contribution in [3.63, 3.8) is 0 Å². The Bertz CT molecular complexity index is 83.6. The van der Waals surface area contributed by atoms with Gasteiger partial charge in [-0.3, -0.25) is 0 Å². The molecule has 0 aromatic heterocycles. The van der Waals surface area contributed by atoms with Gasteiger partial charge in [-0.2, -0.15) is 0 Å². The zero-order valence-electron chi connectivity index (χ0n) is 7.97. The Morgan fingerprint density at radius 2 is 2.00 bits per heavy atom. The van der Waals surface area contributed by atoms with Crippen molar-refractivity contribution >= 4 is 0 Å². The highest BCUT2D eigenvalue weighted by atomic mass is 16.5. The molecule has 0 bridgehead atoms. The highest BCUT2D eigenvalue weighted by Gasteiger charge is 1.98. The molecule has 2 unspecified atom stereocenters. The summed E-state index contributed by atoms with van der Waals surface area (Å²) in [6, 6.07) is 0.315. The summed E-state index contributed by atoms with van der Waals surface area (Å²) in [4.78, 5) is 0. The third-order valence-corrected chi connectivity index (χ3v) is 1.78. The molecule has 0 spiro atoms. The molecule has 68 valence electrons. The fourth-order valence-electron chi connectivity index (χ4n) is 0.808. The highest BCUT2D eigenvalue weighted by molar-refractivity contribution is 4.52. The van der Waals surface area contributed by atoms with Gasteiger partial charge in [-0.25, -0.2) is 0 Å². The predicted molar refractivity (Wildman–Crippen MR) is 48.6 cm³/mol. The van der Waals surface area contributed by atoms with E-state index in [-0.39, 0.29) is 0 Å². The van der Waals surface area contributed by atoms with E-state index in [1.165, 1.54) is 0 Å². The van der Waals surface area contributed by atoms with E-state index in [2.05, 4.69) is 13.8 Å². The molecule has 0 radical (unpaired) electrons. The van der Waals surface area contributed by atoms with Crippen LogP contribution in [-0.2, 0) is 4.74 Å². The van der Waals surface area contributed by atoms with Gasteiger partial charge in [0, 0.05) is 12.6 Å². The first-order valence-electron chi connectivity index (χ1n) is 4.54. The van der Waals surface area contributed by atoms with Crippen LogP contribution in [0.2, 0.25) is 0 Å². The molecule has 0 amide bonds. The molecule has 2 N–H and O–H groups in total. The summed E-state index contributed by atoms with van der Waals surface area (Å²) in [5, 5.41) is 0. The van der Waals surface area contributed by atoms with Gasteiger partial charge < -0.3 is 10.5 Å². The fourth-order valence-corrected chi connectivity index (χ4v) is 0.808. The molecule has 0 saturated carbocycles. The van der Waals surface area contributed by atoms with Crippen molar-refractivity contribution in [3.05, 3.63) is 0 Å². The van der Waals surface area contributed by atoms with Crippen molar-refractivity contribution in [2.75, 3.05) is 6.61 Å². The Labute approximate surface area is 70.1 Å². The minimum absolute atomic E-state index is 0.315. The lowest BCUT2D eigenvalue weighted by Crippen LogP contribution is -2.16. The van der Waals surface area contributed by atoms with Crippen molar-refractivity contribution in [2.24, 2.45) is 5.73 Å². The molecule has 0 aliphatic rings. The first-order valence-corrected chi connectivity index (χ1v) is 4.54. The van der Waals surface area contributed by atoms with E-state index in [1.807, 2.05) is 6.92 Å². The zero-order valence-corrected chi connectivity index (χ0v) is 7.97. The lowest BCUT2D eigenvalue weighted by Gasteiger charge is -2.10. The van der Waals surface area contributed by atoms with Crippen molar-refractivity contribution in [3.8, 4) is 0 Å². The van der Waals surface area contributed by atoms with Gasteiger partial charge in [0.05, 0.1) is 6.10 Å². The first kappa shape index (κ1) is 10.9. The second-order valence-electron chi connectivity index (χ2n) is 3.21. The molecule has 0 fully saturated rings. The molecule has 0 saturated heterocycles. The smallest absolute Gasteiger partial charge is 0.0544 e. The van der Waals surface area contributed by atoms with Gasteiger partial charge in [-0.1, -0.05) is 6.92 Å². The van der Waals surface area contributed by atoms with Crippen LogP contribution in [0.25, 0.3) is 0 Å². The third-order valence-electron chi connectivity index (χ3n) is 1.78. The molecule has 2 heteroatoms. The van der Waals surface area contributed by atoms with Crippen LogP contribution in [0.3, 0.4) is 0 Å². The van der Waals surface area contributed by atoms with Gasteiger partial charge in [-0.15, -0.1) is 0 Å². The average Bonchev–Trinajstić information content (AvgIpc) is 1.97.